The number of rotatable bonds is 4. The highest BCUT2D eigenvalue weighted by Crippen LogP contribution is 2.30. The van der Waals surface area contributed by atoms with Crippen LogP contribution >= 0.6 is 0 Å². The number of methoxy groups -OCH3 is 1. The van der Waals surface area contributed by atoms with E-state index in [4.69, 9.17) is 4.74 Å². The Morgan fingerprint density at radius 1 is 1.16 bits per heavy atom. The highest BCUT2D eigenvalue weighted by molar-refractivity contribution is 7.91. The highest BCUT2D eigenvalue weighted by atomic mass is 32.2. The number of benzene rings is 1. The van der Waals surface area contributed by atoms with Crippen molar-refractivity contribution >= 4 is 15.7 Å². The zero-order valence-corrected chi connectivity index (χ0v) is 15.2. The average molecular weight is 369 g/mol. The van der Waals surface area contributed by atoms with Gasteiger partial charge in [-0.1, -0.05) is 19.3 Å². The maximum atomic E-state index is 13.7. The number of sulfone groups is 1. The Morgan fingerprint density at radius 2 is 1.88 bits per heavy atom. The maximum absolute atomic E-state index is 13.7. The lowest BCUT2D eigenvalue weighted by Crippen LogP contribution is -2.48. The summed E-state index contributed by atoms with van der Waals surface area (Å²) < 4.78 is 42.5. The summed E-state index contributed by atoms with van der Waals surface area (Å²) in [6.45, 7) is 0. The molecule has 0 radical (unpaired) electrons. The standard InChI is InChI=1S/C18H24FNO4S/c1-24-17-11-13(7-8-16(17)19)18(21)20(14-5-3-2-4-6-14)15-9-10-25(22,23)12-15/h7-8,11,14-15H,2-6,9-10,12H2,1H3. The molecule has 0 spiro atoms. The van der Waals surface area contributed by atoms with Crippen LogP contribution in [0.2, 0.25) is 0 Å². The van der Waals surface area contributed by atoms with Crippen molar-refractivity contribution in [3.8, 4) is 5.75 Å². The van der Waals surface area contributed by atoms with E-state index < -0.39 is 15.7 Å². The fraction of sp³-hybridized carbons (Fsp3) is 0.611. The van der Waals surface area contributed by atoms with Gasteiger partial charge in [-0.15, -0.1) is 0 Å². The average Bonchev–Trinajstić information content (AvgIpc) is 2.96. The van der Waals surface area contributed by atoms with Crippen LogP contribution in [0.1, 0.15) is 48.9 Å². The quantitative estimate of drug-likeness (QED) is 0.819. The predicted octanol–water partition coefficient (Wildman–Crippen LogP) is 2.80. The molecule has 1 saturated carbocycles. The Kier molecular flexibility index (Phi) is 5.32. The summed E-state index contributed by atoms with van der Waals surface area (Å²) in [5, 5.41) is 0. The van der Waals surface area contributed by atoms with Crippen molar-refractivity contribution in [2.45, 2.75) is 50.6 Å². The first-order chi connectivity index (χ1) is 11.9. The van der Waals surface area contributed by atoms with Gasteiger partial charge in [-0.3, -0.25) is 4.79 Å². The van der Waals surface area contributed by atoms with Gasteiger partial charge < -0.3 is 9.64 Å². The molecule has 1 saturated heterocycles. The van der Waals surface area contributed by atoms with Crippen LogP contribution in [0.4, 0.5) is 4.39 Å². The predicted molar refractivity (Wildman–Crippen MR) is 93.1 cm³/mol. The second-order valence-corrected chi connectivity index (χ2v) is 9.14. The van der Waals surface area contributed by atoms with Gasteiger partial charge in [0.1, 0.15) is 0 Å². The Bertz CT molecular complexity index is 743. The van der Waals surface area contributed by atoms with Crippen LogP contribution in [0.3, 0.4) is 0 Å². The fourth-order valence-electron chi connectivity index (χ4n) is 3.93. The molecule has 0 aromatic heterocycles. The van der Waals surface area contributed by atoms with Crippen molar-refractivity contribution in [1.82, 2.24) is 4.90 Å². The number of nitrogens with zero attached hydrogens (tertiary/aromatic N) is 1. The van der Waals surface area contributed by atoms with E-state index >= 15 is 0 Å². The van der Waals surface area contributed by atoms with Crippen LogP contribution in [-0.2, 0) is 9.84 Å². The molecule has 0 bridgehead atoms. The molecule has 2 aliphatic rings. The third-order valence-corrected chi connectivity index (χ3v) is 6.95. The Balaban J connectivity index is 1.91. The summed E-state index contributed by atoms with van der Waals surface area (Å²) in [5.41, 5.74) is 0.341. The van der Waals surface area contributed by atoms with E-state index in [9.17, 15) is 17.6 Å². The minimum absolute atomic E-state index is 0.0214. The first kappa shape index (κ1) is 18.2. The zero-order chi connectivity index (χ0) is 18.0. The van der Waals surface area contributed by atoms with Gasteiger partial charge in [0.25, 0.3) is 5.91 Å². The molecule has 1 amide bonds. The van der Waals surface area contributed by atoms with Crippen LogP contribution in [0.25, 0.3) is 0 Å². The molecule has 5 nitrogen and oxygen atoms in total. The Hall–Kier alpha value is -1.63. The van der Waals surface area contributed by atoms with Crippen molar-refractivity contribution in [3.63, 3.8) is 0 Å². The number of hydrogen-bond acceptors (Lipinski definition) is 4. The number of hydrogen-bond donors (Lipinski definition) is 0. The summed E-state index contributed by atoms with van der Waals surface area (Å²) >= 11 is 0. The molecule has 1 aromatic carbocycles. The number of carbonyl (C=O) groups excluding carboxylic acids is 1. The van der Waals surface area contributed by atoms with E-state index in [-0.39, 0.29) is 35.2 Å². The molecule has 7 heteroatoms. The molecule has 138 valence electrons. The normalized spacial score (nSPS) is 23.4. The van der Waals surface area contributed by atoms with Gasteiger partial charge in [-0.05, 0) is 37.5 Å². The van der Waals surface area contributed by atoms with Gasteiger partial charge in [-0.2, -0.15) is 0 Å². The van der Waals surface area contributed by atoms with E-state index in [1.165, 1.54) is 25.3 Å². The summed E-state index contributed by atoms with van der Waals surface area (Å²) in [7, 11) is -1.74. The zero-order valence-electron chi connectivity index (χ0n) is 14.4. The second kappa shape index (κ2) is 7.32. The minimum atomic E-state index is -3.09. The van der Waals surface area contributed by atoms with Crippen molar-refractivity contribution in [3.05, 3.63) is 29.6 Å². The fourth-order valence-corrected chi connectivity index (χ4v) is 5.64. The Morgan fingerprint density at radius 3 is 2.48 bits per heavy atom. The van der Waals surface area contributed by atoms with Crippen LogP contribution in [-0.4, -0.2) is 49.9 Å². The summed E-state index contributed by atoms with van der Waals surface area (Å²) in [6.07, 6.45) is 5.48. The van der Waals surface area contributed by atoms with E-state index in [1.807, 2.05) is 0 Å². The number of ether oxygens (including phenoxy) is 1. The lowest BCUT2D eigenvalue weighted by molar-refractivity contribution is 0.0541. The molecule has 3 rings (SSSR count). The first-order valence-electron chi connectivity index (χ1n) is 8.78. The van der Waals surface area contributed by atoms with E-state index in [2.05, 4.69) is 0 Å². The molecule has 1 heterocycles. The van der Waals surface area contributed by atoms with Crippen LogP contribution in [0.15, 0.2) is 18.2 Å². The van der Waals surface area contributed by atoms with E-state index in [0.29, 0.717) is 12.0 Å². The smallest absolute Gasteiger partial charge is 0.254 e. The third kappa shape index (κ3) is 3.97. The molecular weight excluding hydrogens is 345 g/mol. The Labute approximate surface area is 148 Å². The molecule has 1 aromatic rings. The van der Waals surface area contributed by atoms with Crippen molar-refractivity contribution in [2.75, 3.05) is 18.6 Å². The number of carbonyl (C=O) groups is 1. The molecular formula is C18H24FNO4S. The van der Waals surface area contributed by atoms with Crippen molar-refractivity contribution in [2.24, 2.45) is 0 Å². The van der Waals surface area contributed by atoms with E-state index in [0.717, 1.165) is 32.1 Å². The summed E-state index contributed by atoms with van der Waals surface area (Å²) in [5.74, 6) is -0.582. The SMILES string of the molecule is COc1cc(C(=O)N(C2CCCCC2)C2CCS(=O)(=O)C2)ccc1F. The molecule has 1 aliphatic carbocycles. The van der Waals surface area contributed by atoms with Gasteiger partial charge in [0, 0.05) is 17.6 Å². The van der Waals surface area contributed by atoms with Gasteiger partial charge in [0.05, 0.1) is 18.6 Å². The molecule has 1 atom stereocenters. The lowest BCUT2D eigenvalue weighted by atomic mass is 9.92. The largest absolute Gasteiger partial charge is 0.494 e. The van der Waals surface area contributed by atoms with Gasteiger partial charge >= 0.3 is 0 Å². The monoisotopic (exact) mass is 369 g/mol. The maximum Gasteiger partial charge on any atom is 0.254 e. The van der Waals surface area contributed by atoms with Crippen LogP contribution in [0, 0.1) is 5.82 Å². The lowest BCUT2D eigenvalue weighted by Gasteiger charge is -2.38. The van der Waals surface area contributed by atoms with Gasteiger partial charge in [-0.25, -0.2) is 12.8 Å². The van der Waals surface area contributed by atoms with Gasteiger partial charge in [0.15, 0.2) is 21.4 Å². The summed E-state index contributed by atoms with van der Waals surface area (Å²) in [4.78, 5) is 14.9. The molecule has 2 fully saturated rings. The highest BCUT2D eigenvalue weighted by Gasteiger charge is 2.39. The first-order valence-corrected chi connectivity index (χ1v) is 10.6. The van der Waals surface area contributed by atoms with E-state index in [1.54, 1.807) is 4.90 Å². The van der Waals surface area contributed by atoms with Crippen LogP contribution < -0.4 is 4.74 Å². The minimum Gasteiger partial charge on any atom is -0.494 e. The van der Waals surface area contributed by atoms with Crippen LogP contribution in [0.5, 0.6) is 5.75 Å². The molecule has 25 heavy (non-hydrogen) atoms. The van der Waals surface area contributed by atoms with Gasteiger partial charge in [0.2, 0.25) is 0 Å². The van der Waals surface area contributed by atoms with Crippen molar-refractivity contribution < 1.29 is 22.3 Å². The third-order valence-electron chi connectivity index (χ3n) is 5.20. The summed E-state index contributed by atoms with van der Waals surface area (Å²) in [6, 6.07) is 3.82. The van der Waals surface area contributed by atoms with Crippen molar-refractivity contribution in [1.29, 1.82) is 0 Å². The molecule has 1 aliphatic heterocycles. The number of amides is 1. The topological polar surface area (TPSA) is 63.7 Å². The molecule has 0 N–H and O–H groups in total. The molecule has 1 unspecified atom stereocenters. The second-order valence-electron chi connectivity index (χ2n) is 6.91. The number of halogens is 1.